The number of hydrogen-bond acceptors (Lipinski definition) is 6. The van der Waals surface area contributed by atoms with E-state index in [4.69, 9.17) is 4.74 Å². The van der Waals surface area contributed by atoms with Crippen molar-refractivity contribution in [1.82, 2.24) is 10.2 Å². The fourth-order valence-electron chi connectivity index (χ4n) is 3.72. The Balaban J connectivity index is 1.16. The van der Waals surface area contributed by atoms with Crippen LogP contribution < -0.4 is 15.4 Å². The van der Waals surface area contributed by atoms with Crippen molar-refractivity contribution in [2.75, 3.05) is 31.6 Å². The van der Waals surface area contributed by atoms with Gasteiger partial charge in [0.25, 0.3) is 11.8 Å². The molecule has 2 N–H and O–H groups in total. The quantitative estimate of drug-likeness (QED) is 0.534. The molecule has 2 aromatic rings. The van der Waals surface area contributed by atoms with Crippen LogP contribution in [0, 0.1) is 0 Å². The molecule has 2 heterocycles. The van der Waals surface area contributed by atoms with Crippen LogP contribution in [0.15, 0.2) is 59.6 Å². The van der Waals surface area contributed by atoms with E-state index in [1.807, 2.05) is 30.3 Å². The Morgan fingerprint density at radius 3 is 2.53 bits per heavy atom. The number of aliphatic imine (C=N–C) groups is 1. The lowest BCUT2D eigenvalue weighted by Crippen LogP contribution is -2.26. The minimum atomic E-state index is -0.480. The van der Waals surface area contributed by atoms with Crippen LogP contribution in [0.1, 0.15) is 36.0 Å². The fraction of sp³-hybridized carbons (Fsp3) is 0.360. The van der Waals surface area contributed by atoms with Gasteiger partial charge in [0.05, 0.1) is 6.61 Å². The van der Waals surface area contributed by atoms with Crippen LogP contribution in [0.25, 0.3) is 0 Å². The van der Waals surface area contributed by atoms with Crippen molar-refractivity contribution in [2.24, 2.45) is 4.99 Å². The number of anilines is 1. The highest BCUT2D eigenvalue weighted by Gasteiger charge is 2.33. The number of nitrogens with zero attached hydrogens (tertiary/aromatic N) is 2. The van der Waals surface area contributed by atoms with E-state index in [2.05, 4.69) is 20.5 Å². The Morgan fingerprint density at radius 2 is 1.79 bits per heavy atom. The lowest BCUT2D eigenvalue weighted by molar-refractivity contribution is -0.121. The monoisotopic (exact) mass is 480 g/mol. The van der Waals surface area contributed by atoms with E-state index >= 15 is 0 Å². The maximum atomic E-state index is 12.4. The number of carbonyl (C=O) groups excluding carboxylic acids is 3. The summed E-state index contributed by atoms with van der Waals surface area (Å²) >= 11 is 1.37. The van der Waals surface area contributed by atoms with Crippen molar-refractivity contribution in [3.63, 3.8) is 0 Å². The summed E-state index contributed by atoms with van der Waals surface area (Å²) < 4.78 is 5.61. The maximum Gasteiger partial charge on any atom is 0.262 e. The SMILES string of the molecule is O=C(CC1SC(N2CCCC2)=NC1=O)Nc1ccc(C(=O)NCCCOc2ccccc2)cc1. The molecule has 2 aromatic carbocycles. The van der Waals surface area contributed by atoms with Gasteiger partial charge in [0.1, 0.15) is 11.0 Å². The van der Waals surface area contributed by atoms with Crippen molar-refractivity contribution in [3.8, 4) is 5.75 Å². The molecule has 0 saturated carbocycles. The summed E-state index contributed by atoms with van der Waals surface area (Å²) in [5, 5.41) is 5.92. The number of likely N-dealkylation sites (tertiary alicyclic amines) is 1. The molecule has 2 aliphatic rings. The standard InChI is InChI=1S/C25H28N4O4S/c30-22(17-21-24(32)28-25(34-21)29-14-4-5-15-29)27-19-11-9-18(10-12-19)23(31)26-13-6-16-33-20-7-2-1-3-8-20/h1-3,7-12,21H,4-6,13-17H2,(H,26,31)(H,27,30). The van der Waals surface area contributed by atoms with Gasteiger partial charge in [-0.05, 0) is 55.7 Å². The largest absolute Gasteiger partial charge is 0.494 e. The van der Waals surface area contributed by atoms with Gasteiger partial charge in [-0.15, -0.1) is 0 Å². The van der Waals surface area contributed by atoms with Crippen molar-refractivity contribution in [1.29, 1.82) is 0 Å². The Hall–Kier alpha value is -3.33. The summed E-state index contributed by atoms with van der Waals surface area (Å²) in [5.74, 6) is 0.126. The van der Waals surface area contributed by atoms with Gasteiger partial charge in [-0.25, -0.2) is 0 Å². The molecule has 1 unspecified atom stereocenters. The van der Waals surface area contributed by atoms with E-state index in [9.17, 15) is 14.4 Å². The summed E-state index contributed by atoms with van der Waals surface area (Å²) in [6, 6.07) is 16.2. The molecule has 2 aliphatic heterocycles. The number of thioether (sulfide) groups is 1. The third-order valence-corrected chi connectivity index (χ3v) is 6.74. The van der Waals surface area contributed by atoms with Crippen LogP contribution >= 0.6 is 11.8 Å². The molecule has 0 bridgehead atoms. The number of benzene rings is 2. The minimum Gasteiger partial charge on any atom is -0.494 e. The number of ether oxygens (including phenoxy) is 1. The number of carbonyl (C=O) groups is 3. The molecular formula is C25H28N4O4S. The van der Waals surface area contributed by atoms with Gasteiger partial charge in [0.2, 0.25) is 5.91 Å². The van der Waals surface area contributed by atoms with E-state index in [0.717, 1.165) is 36.8 Å². The molecule has 9 heteroatoms. The van der Waals surface area contributed by atoms with Crippen LogP contribution in [0.4, 0.5) is 5.69 Å². The Labute approximate surface area is 203 Å². The van der Waals surface area contributed by atoms with Crippen molar-refractivity contribution >= 4 is 40.3 Å². The number of hydrogen-bond donors (Lipinski definition) is 2. The van der Waals surface area contributed by atoms with Crippen LogP contribution in [0.5, 0.6) is 5.75 Å². The predicted octanol–water partition coefficient (Wildman–Crippen LogP) is 3.31. The molecule has 1 saturated heterocycles. The van der Waals surface area contributed by atoms with Gasteiger partial charge in [0, 0.05) is 37.3 Å². The van der Waals surface area contributed by atoms with Gasteiger partial charge in [-0.2, -0.15) is 4.99 Å². The molecule has 1 fully saturated rings. The number of amidine groups is 1. The van der Waals surface area contributed by atoms with E-state index in [0.29, 0.717) is 30.8 Å². The molecule has 4 rings (SSSR count). The molecule has 8 nitrogen and oxygen atoms in total. The molecule has 0 aromatic heterocycles. The van der Waals surface area contributed by atoms with Gasteiger partial charge in [-0.3, -0.25) is 14.4 Å². The maximum absolute atomic E-state index is 12.4. The highest BCUT2D eigenvalue weighted by Crippen LogP contribution is 2.29. The van der Waals surface area contributed by atoms with Crippen LogP contribution in [-0.2, 0) is 9.59 Å². The number of rotatable bonds is 9. The number of amides is 3. The highest BCUT2D eigenvalue weighted by atomic mass is 32.2. The second-order valence-electron chi connectivity index (χ2n) is 8.13. The predicted molar refractivity (Wildman–Crippen MR) is 133 cm³/mol. The zero-order valence-electron chi connectivity index (χ0n) is 18.9. The molecule has 178 valence electrons. The highest BCUT2D eigenvalue weighted by molar-refractivity contribution is 8.15. The van der Waals surface area contributed by atoms with Gasteiger partial charge in [-0.1, -0.05) is 30.0 Å². The molecule has 0 aliphatic carbocycles. The zero-order chi connectivity index (χ0) is 23.8. The molecule has 1 atom stereocenters. The number of nitrogens with one attached hydrogen (secondary N) is 2. The average molecular weight is 481 g/mol. The first-order valence-electron chi connectivity index (χ1n) is 11.5. The zero-order valence-corrected chi connectivity index (χ0v) is 19.7. The van der Waals surface area contributed by atoms with E-state index in [1.165, 1.54) is 11.8 Å². The molecule has 34 heavy (non-hydrogen) atoms. The summed E-state index contributed by atoms with van der Waals surface area (Å²) in [6.45, 7) is 2.85. The van der Waals surface area contributed by atoms with Crippen molar-refractivity contribution in [2.45, 2.75) is 30.9 Å². The Bertz CT molecular complexity index is 1040. The minimum absolute atomic E-state index is 0.0671. The van der Waals surface area contributed by atoms with Crippen molar-refractivity contribution in [3.05, 3.63) is 60.2 Å². The Morgan fingerprint density at radius 1 is 1.06 bits per heavy atom. The normalized spacial score (nSPS) is 17.4. The summed E-state index contributed by atoms with van der Waals surface area (Å²) in [5.41, 5.74) is 1.08. The first-order valence-corrected chi connectivity index (χ1v) is 12.4. The Kier molecular flexibility index (Phi) is 8.19. The molecule has 3 amide bonds. The smallest absolute Gasteiger partial charge is 0.262 e. The molecule has 0 spiro atoms. The second kappa shape index (κ2) is 11.7. The fourth-order valence-corrected chi connectivity index (χ4v) is 4.84. The molecule has 0 radical (unpaired) electrons. The average Bonchev–Trinajstić information content (AvgIpc) is 3.50. The van der Waals surface area contributed by atoms with E-state index in [1.54, 1.807) is 24.3 Å². The van der Waals surface area contributed by atoms with Crippen LogP contribution in [0.2, 0.25) is 0 Å². The van der Waals surface area contributed by atoms with Crippen molar-refractivity contribution < 1.29 is 19.1 Å². The summed E-state index contributed by atoms with van der Waals surface area (Å²) in [6.07, 6.45) is 2.97. The topological polar surface area (TPSA) is 100 Å². The third kappa shape index (κ3) is 6.60. The van der Waals surface area contributed by atoms with Crippen LogP contribution in [0.3, 0.4) is 0 Å². The lowest BCUT2D eigenvalue weighted by atomic mass is 10.2. The van der Waals surface area contributed by atoms with E-state index in [-0.39, 0.29) is 24.1 Å². The third-order valence-electron chi connectivity index (χ3n) is 5.53. The van der Waals surface area contributed by atoms with Gasteiger partial charge >= 0.3 is 0 Å². The summed E-state index contributed by atoms with van der Waals surface area (Å²) in [4.78, 5) is 43.2. The summed E-state index contributed by atoms with van der Waals surface area (Å²) in [7, 11) is 0. The van der Waals surface area contributed by atoms with Crippen LogP contribution in [-0.4, -0.2) is 59.3 Å². The first-order chi connectivity index (χ1) is 16.6. The van der Waals surface area contributed by atoms with Gasteiger partial charge in [0.15, 0.2) is 5.17 Å². The molecular weight excluding hydrogens is 452 g/mol. The second-order valence-corrected chi connectivity index (χ2v) is 9.30. The van der Waals surface area contributed by atoms with E-state index < -0.39 is 5.25 Å². The van der Waals surface area contributed by atoms with Gasteiger partial charge < -0.3 is 20.3 Å². The number of para-hydroxylation sites is 1. The first kappa shape index (κ1) is 23.8. The lowest BCUT2D eigenvalue weighted by Gasteiger charge is -2.16.